The number of nitrogens with two attached hydrogens (primary N) is 1. The number of benzene rings is 1. The molecule has 6 nitrogen and oxygen atoms in total. The maximum Gasteiger partial charge on any atom is 0.416 e. The number of hydrogen-bond acceptors (Lipinski definition) is 4. The molecule has 0 fully saturated rings. The lowest BCUT2D eigenvalue weighted by Crippen LogP contribution is -2.30. The number of nitrogens with zero attached hydrogens (tertiary/aromatic N) is 3. The SMILES string of the molecule is NC(=O)c1cc(-c2ccc(C(F)(F)F)cc2)nn(-c2cccnc2)c1=O. The van der Waals surface area contributed by atoms with Crippen LogP contribution in [-0.4, -0.2) is 20.7 Å². The fraction of sp³-hybridized carbons (Fsp3) is 0.0588. The number of alkyl halides is 3. The van der Waals surface area contributed by atoms with Gasteiger partial charge in [-0.25, -0.2) is 0 Å². The van der Waals surface area contributed by atoms with Gasteiger partial charge in [-0.15, -0.1) is 0 Å². The molecule has 0 aliphatic carbocycles. The Kier molecular flexibility index (Phi) is 4.29. The van der Waals surface area contributed by atoms with Gasteiger partial charge in [-0.1, -0.05) is 12.1 Å². The van der Waals surface area contributed by atoms with Crippen molar-refractivity contribution < 1.29 is 18.0 Å². The second kappa shape index (κ2) is 6.43. The van der Waals surface area contributed by atoms with Gasteiger partial charge in [0, 0.05) is 11.8 Å². The van der Waals surface area contributed by atoms with Crippen molar-refractivity contribution in [1.29, 1.82) is 0 Å². The third kappa shape index (κ3) is 3.32. The number of pyridine rings is 1. The second-order valence-corrected chi connectivity index (χ2v) is 5.31. The molecule has 0 saturated carbocycles. The molecule has 0 bridgehead atoms. The Morgan fingerprint density at radius 1 is 1.12 bits per heavy atom. The predicted octanol–water partition coefficient (Wildman–Crippen LogP) is 2.41. The van der Waals surface area contributed by atoms with E-state index in [1.807, 2.05) is 0 Å². The van der Waals surface area contributed by atoms with Crippen LogP contribution < -0.4 is 11.3 Å². The van der Waals surface area contributed by atoms with Crippen molar-refractivity contribution in [3.63, 3.8) is 0 Å². The van der Waals surface area contributed by atoms with Crippen molar-refractivity contribution >= 4 is 5.91 Å². The molecule has 2 N–H and O–H groups in total. The molecule has 26 heavy (non-hydrogen) atoms. The summed E-state index contributed by atoms with van der Waals surface area (Å²) in [5.41, 5.74) is 4.04. The van der Waals surface area contributed by atoms with Crippen LogP contribution in [0.25, 0.3) is 16.9 Å². The summed E-state index contributed by atoms with van der Waals surface area (Å²) >= 11 is 0. The molecule has 0 aliphatic heterocycles. The molecule has 0 saturated heterocycles. The molecule has 1 amide bonds. The highest BCUT2D eigenvalue weighted by Crippen LogP contribution is 2.30. The van der Waals surface area contributed by atoms with Gasteiger partial charge in [-0.3, -0.25) is 14.6 Å². The molecule has 2 heterocycles. The van der Waals surface area contributed by atoms with Gasteiger partial charge in [0.05, 0.1) is 23.1 Å². The minimum absolute atomic E-state index is 0.121. The highest BCUT2D eigenvalue weighted by molar-refractivity contribution is 5.93. The molecule has 0 radical (unpaired) electrons. The summed E-state index contributed by atoms with van der Waals surface area (Å²) in [6.45, 7) is 0. The number of halogens is 3. The van der Waals surface area contributed by atoms with E-state index in [2.05, 4.69) is 10.1 Å². The first-order chi connectivity index (χ1) is 12.3. The Morgan fingerprint density at radius 2 is 1.81 bits per heavy atom. The Bertz CT molecular complexity index is 1010. The molecule has 2 aromatic heterocycles. The second-order valence-electron chi connectivity index (χ2n) is 5.31. The third-order valence-corrected chi connectivity index (χ3v) is 3.58. The van der Waals surface area contributed by atoms with Crippen LogP contribution in [-0.2, 0) is 6.18 Å². The van der Waals surface area contributed by atoms with Crippen LogP contribution in [0.1, 0.15) is 15.9 Å². The van der Waals surface area contributed by atoms with Crippen LogP contribution in [0.3, 0.4) is 0 Å². The van der Waals surface area contributed by atoms with Crippen LogP contribution in [0.15, 0.2) is 59.7 Å². The molecule has 132 valence electrons. The number of aromatic nitrogens is 3. The topological polar surface area (TPSA) is 90.9 Å². The Labute approximate surface area is 144 Å². The zero-order valence-corrected chi connectivity index (χ0v) is 13.1. The van der Waals surface area contributed by atoms with Gasteiger partial charge < -0.3 is 5.73 Å². The predicted molar refractivity (Wildman–Crippen MR) is 86.6 cm³/mol. The van der Waals surface area contributed by atoms with Crippen LogP contribution >= 0.6 is 0 Å². The average molecular weight is 360 g/mol. The smallest absolute Gasteiger partial charge is 0.365 e. The summed E-state index contributed by atoms with van der Waals surface area (Å²) in [6.07, 6.45) is -1.63. The van der Waals surface area contributed by atoms with Crippen molar-refractivity contribution in [1.82, 2.24) is 14.8 Å². The summed E-state index contributed by atoms with van der Waals surface area (Å²) < 4.78 is 39.0. The number of hydrogen-bond donors (Lipinski definition) is 1. The minimum Gasteiger partial charge on any atom is -0.365 e. The standard InChI is InChI=1S/C17H11F3N4O2/c18-17(19,20)11-5-3-10(4-6-11)14-8-13(15(21)25)16(26)24(23-14)12-2-1-7-22-9-12/h1-9H,(H2,21,25). The lowest BCUT2D eigenvalue weighted by atomic mass is 10.1. The molecule has 0 spiro atoms. The van der Waals surface area contributed by atoms with Gasteiger partial charge in [0.2, 0.25) is 0 Å². The maximum absolute atomic E-state index is 12.7. The van der Waals surface area contributed by atoms with Gasteiger partial charge in [0.1, 0.15) is 5.56 Å². The Morgan fingerprint density at radius 3 is 2.35 bits per heavy atom. The van der Waals surface area contributed by atoms with Crippen molar-refractivity contribution in [2.24, 2.45) is 5.73 Å². The Hall–Kier alpha value is -3.49. The molecule has 9 heteroatoms. The fourth-order valence-electron chi connectivity index (χ4n) is 2.30. The largest absolute Gasteiger partial charge is 0.416 e. The molecule has 1 aromatic carbocycles. The van der Waals surface area contributed by atoms with E-state index in [-0.39, 0.29) is 22.5 Å². The van der Waals surface area contributed by atoms with E-state index in [0.717, 1.165) is 22.9 Å². The number of primary amides is 1. The summed E-state index contributed by atoms with van der Waals surface area (Å²) in [7, 11) is 0. The minimum atomic E-state index is -4.47. The van der Waals surface area contributed by atoms with E-state index in [9.17, 15) is 22.8 Å². The highest BCUT2D eigenvalue weighted by atomic mass is 19.4. The van der Waals surface area contributed by atoms with E-state index in [1.165, 1.54) is 24.5 Å². The molecule has 0 atom stereocenters. The highest BCUT2D eigenvalue weighted by Gasteiger charge is 2.30. The lowest BCUT2D eigenvalue weighted by Gasteiger charge is -2.10. The molecule has 3 rings (SSSR count). The van der Waals surface area contributed by atoms with Crippen LogP contribution in [0, 0.1) is 0 Å². The first kappa shape index (κ1) is 17.3. The average Bonchev–Trinajstić information content (AvgIpc) is 2.62. The summed E-state index contributed by atoms with van der Waals surface area (Å²) in [4.78, 5) is 27.9. The van der Waals surface area contributed by atoms with E-state index >= 15 is 0 Å². The third-order valence-electron chi connectivity index (χ3n) is 3.58. The molecular weight excluding hydrogens is 349 g/mol. The van der Waals surface area contributed by atoms with Gasteiger partial charge in [-0.05, 0) is 30.3 Å². The van der Waals surface area contributed by atoms with E-state index < -0.39 is 23.2 Å². The number of rotatable bonds is 3. The van der Waals surface area contributed by atoms with Crippen molar-refractivity contribution in [2.45, 2.75) is 6.18 Å². The molecule has 3 aromatic rings. The van der Waals surface area contributed by atoms with E-state index in [1.54, 1.807) is 12.1 Å². The normalized spacial score (nSPS) is 11.3. The molecule has 0 aliphatic rings. The van der Waals surface area contributed by atoms with Crippen LogP contribution in [0.5, 0.6) is 0 Å². The fourth-order valence-corrected chi connectivity index (χ4v) is 2.30. The van der Waals surface area contributed by atoms with Crippen LogP contribution in [0.4, 0.5) is 13.2 Å². The number of amides is 1. The van der Waals surface area contributed by atoms with Gasteiger partial charge >= 0.3 is 6.18 Å². The maximum atomic E-state index is 12.7. The number of carbonyl (C=O) groups is 1. The number of carbonyl (C=O) groups excluding carboxylic acids is 1. The van der Waals surface area contributed by atoms with Crippen molar-refractivity contribution in [2.75, 3.05) is 0 Å². The van der Waals surface area contributed by atoms with E-state index in [0.29, 0.717) is 0 Å². The van der Waals surface area contributed by atoms with Gasteiger partial charge in [0.25, 0.3) is 11.5 Å². The monoisotopic (exact) mass is 360 g/mol. The summed E-state index contributed by atoms with van der Waals surface area (Å²) in [6, 6.07) is 8.45. The lowest BCUT2D eigenvalue weighted by molar-refractivity contribution is -0.137. The van der Waals surface area contributed by atoms with E-state index in [4.69, 9.17) is 5.73 Å². The Balaban J connectivity index is 2.18. The van der Waals surface area contributed by atoms with Crippen molar-refractivity contribution in [3.8, 4) is 16.9 Å². The summed E-state index contributed by atoms with van der Waals surface area (Å²) in [5.74, 6) is -0.969. The zero-order valence-electron chi connectivity index (χ0n) is 13.1. The van der Waals surface area contributed by atoms with Crippen molar-refractivity contribution in [3.05, 3.63) is 76.3 Å². The quantitative estimate of drug-likeness (QED) is 0.777. The van der Waals surface area contributed by atoms with Crippen LogP contribution in [0.2, 0.25) is 0 Å². The molecular formula is C17H11F3N4O2. The summed E-state index contributed by atoms with van der Waals surface area (Å²) in [5, 5.41) is 4.12. The zero-order chi connectivity index (χ0) is 18.9. The molecule has 0 unspecified atom stereocenters. The van der Waals surface area contributed by atoms with Gasteiger partial charge in [-0.2, -0.15) is 23.0 Å². The first-order valence-electron chi connectivity index (χ1n) is 7.29. The van der Waals surface area contributed by atoms with Gasteiger partial charge in [0.15, 0.2) is 0 Å². The first-order valence-corrected chi connectivity index (χ1v) is 7.29.